The number of amides is 1. The van der Waals surface area contributed by atoms with Gasteiger partial charge in [-0.15, -0.1) is 0 Å². The highest BCUT2D eigenvalue weighted by molar-refractivity contribution is 6.04. The summed E-state index contributed by atoms with van der Waals surface area (Å²) in [5, 5.41) is 3.36. The summed E-state index contributed by atoms with van der Waals surface area (Å²) in [6, 6.07) is 37.0. The molecule has 1 N–H and O–H groups in total. The Bertz CT molecular complexity index is 1080. The van der Waals surface area contributed by atoms with Crippen LogP contribution in [-0.2, 0) is 4.79 Å². The van der Waals surface area contributed by atoms with Gasteiger partial charge in [0.05, 0.1) is 6.04 Å². The summed E-state index contributed by atoms with van der Waals surface area (Å²) in [6.45, 7) is 0.893. The maximum Gasteiger partial charge on any atom is 0.248 e. The van der Waals surface area contributed by atoms with Crippen LogP contribution in [0.1, 0.15) is 12.8 Å². The summed E-state index contributed by atoms with van der Waals surface area (Å²) < 4.78 is 0. The van der Waals surface area contributed by atoms with Crippen molar-refractivity contribution in [2.75, 3.05) is 11.4 Å². The molecular weight excluding hydrogens is 392 g/mol. The Morgan fingerprint density at radius 2 is 1.06 bits per heavy atom. The third-order valence-electron chi connectivity index (χ3n) is 6.04. The first-order valence-corrected chi connectivity index (χ1v) is 11.2. The number of anilines is 2. The van der Waals surface area contributed by atoms with Crippen molar-refractivity contribution in [1.29, 1.82) is 0 Å². The SMILES string of the molecule is O=C(C1CCCN1)N(c1ccc(-c2ccccc2)cc1)c1ccc(-c2ccccc2)cc1. The highest BCUT2D eigenvalue weighted by atomic mass is 16.2. The van der Waals surface area contributed by atoms with Crippen LogP contribution < -0.4 is 10.2 Å². The molecule has 5 rings (SSSR count). The van der Waals surface area contributed by atoms with Gasteiger partial charge in [-0.05, 0) is 65.9 Å². The van der Waals surface area contributed by atoms with Crippen LogP contribution in [0.3, 0.4) is 0 Å². The minimum absolute atomic E-state index is 0.0995. The van der Waals surface area contributed by atoms with Crippen molar-refractivity contribution in [1.82, 2.24) is 5.32 Å². The molecule has 0 aromatic heterocycles. The van der Waals surface area contributed by atoms with Gasteiger partial charge in [-0.2, -0.15) is 0 Å². The molecule has 4 aromatic rings. The highest BCUT2D eigenvalue weighted by Crippen LogP contribution is 2.31. The minimum atomic E-state index is -0.141. The first-order valence-electron chi connectivity index (χ1n) is 11.2. The summed E-state index contributed by atoms with van der Waals surface area (Å²) in [5.74, 6) is 0.0995. The first-order chi connectivity index (χ1) is 15.8. The third-order valence-corrected chi connectivity index (χ3v) is 6.04. The van der Waals surface area contributed by atoms with Crippen molar-refractivity contribution in [2.24, 2.45) is 0 Å². The van der Waals surface area contributed by atoms with E-state index in [2.05, 4.69) is 53.8 Å². The molecule has 1 unspecified atom stereocenters. The van der Waals surface area contributed by atoms with Gasteiger partial charge in [0.15, 0.2) is 0 Å². The molecule has 0 radical (unpaired) electrons. The molecule has 0 spiro atoms. The Labute approximate surface area is 189 Å². The van der Waals surface area contributed by atoms with Crippen LogP contribution in [0.15, 0.2) is 109 Å². The lowest BCUT2D eigenvalue weighted by Gasteiger charge is -2.26. The second-order valence-electron chi connectivity index (χ2n) is 8.15. The fourth-order valence-electron chi connectivity index (χ4n) is 4.32. The lowest BCUT2D eigenvalue weighted by Crippen LogP contribution is -2.41. The average molecular weight is 419 g/mol. The van der Waals surface area contributed by atoms with E-state index in [0.717, 1.165) is 41.9 Å². The molecule has 1 amide bonds. The summed E-state index contributed by atoms with van der Waals surface area (Å²) in [5.41, 5.74) is 6.38. The zero-order chi connectivity index (χ0) is 21.8. The Hall–Kier alpha value is -3.69. The molecule has 32 heavy (non-hydrogen) atoms. The van der Waals surface area contributed by atoms with Gasteiger partial charge in [0.25, 0.3) is 0 Å². The molecule has 1 aliphatic heterocycles. The lowest BCUT2D eigenvalue weighted by molar-refractivity contribution is -0.119. The van der Waals surface area contributed by atoms with E-state index in [1.165, 1.54) is 11.1 Å². The summed E-state index contributed by atoms with van der Waals surface area (Å²) >= 11 is 0. The molecule has 1 fully saturated rings. The second kappa shape index (κ2) is 9.21. The van der Waals surface area contributed by atoms with E-state index in [0.29, 0.717) is 0 Å². The first kappa shape index (κ1) is 20.2. The molecule has 1 atom stereocenters. The lowest BCUT2D eigenvalue weighted by atomic mass is 10.0. The Balaban J connectivity index is 1.49. The predicted molar refractivity (Wildman–Crippen MR) is 132 cm³/mol. The van der Waals surface area contributed by atoms with Gasteiger partial charge in [-0.3, -0.25) is 9.69 Å². The number of benzene rings is 4. The molecule has 158 valence electrons. The summed E-state index contributed by atoms with van der Waals surface area (Å²) in [7, 11) is 0. The van der Waals surface area contributed by atoms with E-state index in [9.17, 15) is 4.79 Å². The fraction of sp³-hybridized carbons (Fsp3) is 0.138. The fourth-order valence-corrected chi connectivity index (χ4v) is 4.32. The van der Waals surface area contributed by atoms with Crippen molar-refractivity contribution < 1.29 is 4.79 Å². The maximum atomic E-state index is 13.5. The van der Waals surface area contributed by atoms with E-state index in [1.807, 2.05) is 65.6 Å². The summed E-state index contributed by atoms with van der Waals surface area (Å²) in [4.78, 5) is 15.4. The number of carbonyl (C=O) groups excluding carboxylic acids is 1. The van der Waals surface area contributed by atoms with Crippen molar-refractivity contribution in [3.63, 3.8) is 0 Å². The summed E-state index contributed by atoms with van der Waals surface area (Å²) in [6.07, 6.45) is 1.91. The van der Waals surface area contributed by atoms with Crippen molar-refractivity contribution in [3.8, 4) is 22.3 Å². The number of nitrogens with one attached hydrogen (secondary N) is 1. The molecular formula is C29H26N2O. The highest BCUT2D eigenvalue weighted by Gasteiger charge is 2.29. The number of hydrogen-bond donors (Lipinski definition) is 1. The van der Waals surface area contributed by atoms with E-state index < -0.39 is 0 Å². The smallest absolute Gasteiger partial charge is 0.248 e. The molecule has 3 nitrogen and oxygen atoms in total. The average Bonchev–Trinajstić information content (AvgIpc) is 3.41. The van der Waals surface area contributed by atoms with E-state index >= 15 is 0 Å². The van der Waals surface area contributed by atoms with Crippen LogP contribution in [0, 0.1) is 0 Å². The maximum absolute atomic E-state index is 13.5. The van der Waals surface area contributed by atoms with Crippen LogP contribution in [0.4, 0.5) is 11.4 Å². The van der Waals surface area contributed by atoms with Gasteiger partial charge in [-0.1, -0.05) is 84.9 Å². The quantitative estimate of drug-likeness (QED) is 0.405. The molecule has 0 aliphatic carbocycles. The van der Waals surface area contributed by atoms with Crippen molar-refractivity contribution in [3.05, 3.63) is 109 Å². The molecule has 0 saturated carbocycles. The molecule has 1 saturated heterocycles. The van der Waals surface area contributed by atoms with Gasteiger partial charge in [0, 0.05) is 11.4 Å². The Kier molecular flexibility index (Phi) is 5.82. The number of carbonyl (C=O) groups is 1. The molecule has 1 aliphatic rings. The monoisotopic (exact) mass is 418 g/mol. The van der Waals surface area contributed by atoms with Gasteiger partial charge in [-0.25, -0.2) is 0 Å². The van der Waals surface area contributed by atoms with Crippen LogP contribution in [0.25, 0.3) is 22.3 Å². The second-order valence-corrected chi connectivity index (χ2v) is 8.15. The van der Waals surface area contributed by atoms with Crippen LogP contribution in [0.2, 0.25) is 0 Å². The Morgan fingerprint density at radius 3 is 1.47 bits per heavy atom. The van der Waals surface area contributed by atoms with Crippen LogP contribution in [0.5, 0.6) is 0 Å². The standard InChI is InChI=1S/C29H26N2O/c32-29(28-12-7-21-30-28)31(26-17-13-24(14-18-26)22-8-3-1-4-9-22)27-19-15-25(16-20-27)23-10-5-2-6-11-23/h1-6,8-11,13-20,28,30H,7,12,21H2. The molecule has 1 heterocycles. The predicted octanol–water partition coefficient (Wildman–Crippen LogP) is 6.44. The number of nitrogens with zero attached hydrogens (tertiary/aromatic N) is 1. The zero-order valence-electron chi connectivity index (χ0n) is 17.9. The van der Waals surface area contributed by atoms with Crippen molar-refractivity contribution in [2.45, 2.75) is 18.9 Å². The largest absolute Gasteiger partial charge is 0.306 e. The Morgan fingerprint density at radius 1 is 0.625 bits per heavy atom. The molecule has 3 heteroatoms. The van der Waals surface area contributed by atoms with Gasteiger partial charge >= 0.3 is 0 Å². The van der Waals surface area contributed by atoms with E-state index in [1.54, 1.807) is 0 Å². The minimum Gasteiger partial charge on any atom is -0.306 e. The third kappa shape index (κ3) is 4.20. The number of hydrogen-bond acceptors (Lipinski definition) is 2. The van der Waals surface area contributed by atoms with Gasteiger partial charge in [0.2, 0.25) is 5.91 Å². The topological polar surface area (TPSA) is 32.3 Å². The zero-order valence-corrected chi connectivity index (χ0v) is 17.9. The van der Waals surface area contributed by atoms with Crippen LogP contribution in [-0.4, -0.2) is 18.5 Å². The van der Waals surface area contributed by atoms with E-state index in [4.69, 9.17) is 0 Å². The van der Waals surface area contributed by atoms with Gasteiger partial charge < -0.3 is 5.32 Å². The van der Waals surface area contributed by atoms with Gasteiger partial charge in [0.1, 0.15) is 0 Å². The van der Waals surface area contributed by atoms with E-state index in [-0.39, 0.29) is 11.9 Å². The normalized spacial score (nSPS) is 15.4. The number of rotatable bonds is 5. The molecule has 4 aromatic carbocycles. The van der Waals surface area contributed by atoms with Crippen molar-refractivity contribution >= 4 is 17.3 Å². The van der Waals surface area contributed by atoms with Crippen LogP contribution >= 0.6 is 0 Å². The molecule has 0 bridgehead atoms.